The van der Waals surface area contributed by atoms with Gasteiger partial charge in [0.15, 0.2) is 0 Å². The second-order valence-corrected chi connectivity index (χ2v) is 0. The van der Waals surface area contributed by atoms with Crippen molar-refractivity contribution in [2.24, 2.45) is 0 Å². The summed E-state index contributed by atoms with van der Waals surface area (Å²) in [6.45, 7) is 9.50. The molecule has 0 aliphatic heterocycles. The molecule has 8 heavy (non-hydrogen) atoms. The van der Waals surface area contributed by atoms with Crippen LogP contribution >= 0.6 is 0 Å². The molecular formula is C2H4AuKN2O2. The summed E-state index contributed by atoms with van der Waals surface area (Å²) >= 11 is 0. The Morgan fingerprint density at radius 3 is 0.750 bits per heavy atom. The molecule has 0 fully saturated rings. The van der Waals surface area contributed by atoms with Gasteiger partial charge in [-0.2, -0.15) is 0 Å². The number of nitrogens with zero attached hydrogens (tertiary/aromatic N) is 2. The zero-order valence-corrected chi connectivity index (χ0v) is 9.49. The molecule has 0 aliphatic carbocycles. The van der Waals surface area contributed by atoms with E-state index < -0.39 is 0 Å². The molecule has 0 bridgehead atoms. The largest absolute Gasteiger partial charge is 1.00 e. The predicted octanol–water partition coefficient (Wildman–Crippen LogP) is -4.46. The second kappa shape index (κ2) is 269. The minimum Gasteiger partial charge on any atom is -0.512 e. The first-order chi connectivity index (χ1) is 2.00. The van der Waals surface area contributed by atoms with Crippen LogP contribution in [0.3, 0.4) is 0 Å². The molecule has 46 valence electrons. The second-order valence-electron chi connectivity index (χ2n) is 0. The first-order valence-electron chi connectivity index (χ1n) is 0.447. The van der Waals surface area contributed by atoms with E-state index in [-0.39, 0.29) is 84.7 Å². The van der Waals surface area contributed by atoms with Crippen LogP contribution in [0.1, 0.15) is 0 Å². The summed E-state index contributed by atoms with van der Waals surface area (Å²) in [4.78, 5) is 0. The molecule has 0 aromatic heterocycles. The molecule has 6 heteroatoms. The molecule has 0 aliphatic rings. The van der Waals surface area contributed by atoms with Gasteiger partial charge >= 0.3 is 73.8 Å². The molecule has 0 amide bonds. The Balaban J connectivity index is -0.00000000167. The summed E-state index contributed by atoms with van der Waals surface area (Å²) in [6.07, 6.45) is 0. The van der Waals surface area contributed by atoms with Crippen LogP contribution in [-0.2, 0) is 22.4 Å². The SMILES string of the molecule is O.O.[Au+].[C-]#N.[C-]#N.[K+]. The summed E-state index contributed by atoms with van der Waals surface area (Å²) in [5, 5.41) is 12.5. The van der Waals surface area contributed by atoms with Crippen LogP contribution in [0.2, 0.25) is 0 Å². The van der Waals surface area contributed by atoms with E-state index in [9.17, 15) is 0 Å². The molecule has 0 aromatic carbocycles. The molecule has 4 nitrogen and oxygen atoms in total. The standard InChI is InChI=1S/2CN.Au.K.2H2O/c2*1-2;;;;/h;;;;2*1H2/q2*-1;2*+1;;. The summed E-state index contributed by atoms with van der Waals surface area (Å²) < 4.78 is 0. The molecule has 0 atom stereocenters. The molecular weight excluding hydrogens is 320 g/mol. The first-order valence-corrected chi connectivity index (χ1v) is 0.447. The predicted molar refractivity (Wildman–Crippen MR) is 17.2 cm³/mol. The summed E-state index contributed by atoms with van der Waals surface area (Å²) in [7, 11) is 0. The zero-order valence-electron chi connectivity index (χ0n) is 4.20. The van der Waals surface area contributed by atoms with Crippen molar-refractivity contribution in [3.8, 4) is 0 Å². The molecule has 0 aromatic rings. The number of hydrogen-bond acceptors (Lipinski definition) is 2. The van der Waals surface area contributed by atoms with Crippen LogP contribution in [0.25, 0.3) is 0 Å². The smallest absolute Gasteiger partial charge is 0.512 e. The van der Waals surface area contributed by atoms with E-state index in [0.29, 0.717) is 0 Å². The van der Waals surface area contributed by atoms with E-state index in [1.165, 1.54) is 0 Å². The third-order valence-electron chi connectivity index (χ3n) is 0. The fourth-order valence-electron chi connectivity index (χ4n) is 0. The number of rotatable bonds is 0. The molecule has 0 saturated heterocycles. The average molecular weight is 324 g/mol. The summed E-state index contributed by atoms with van der Waals surface area (Å²) in [5.41, 5.74) is 0. The first kappa shape index (κ1) is 59.2. The van der Waals surface area contributed by atoms with Crippen molar-refractivity contribution in [2.75, 3.05) is 0 Å². The van der Waals surface area contributed by atoms with Crippen LogP contribution in [-0.4, -0.2) is 11.0 Å². The third-order valence-corrected chi connectivity index (χ3v) is 0. The average Bonchev–Trinajstić information content (AvgIpc) is 1.50. The van der Waals surface area contributed by atoms with Gasteiger partial charge in [0.05, 0.1) is 0 Å². The van der Waals surface area contributed by atoms with Gasteiger partial charge in [0.2, 0.25) is 0 Å². The Labute approximate surface area is 106 Å². The van der Waals surface area contributed by atoms with Crippen molar-refractivity contribution in [2.45, 2.75) is 0 Å². The van der Waals surface area contributed by atoms with Crippen molar-refractivity contribution in [3.05, 3.63) is 13.1 Å². The molecule has 0 saturated carbocycles. The van der Waals surface area contributed by atoms with Gasteiger partial charge in [-0.25, -0.2) is 0 Å². The maximum atomic E-state index is 6.25. The van der Waals surface area contributed by atoms with Crippen molar-refractivity contribution in [1.82, 2.24) is 0 Å². The van der Waals surface area contributed by atoms with Gasteiger partial charge in [-0.15, -0.1) is 0 Å². The van der Waals surface area contributed by atoms with Crippen molar-refractivity contribution in [3.63, 3.8) is 0 Å². The monoisotopic (exact) mass is 324 g/mol. The van der Waals surface area contributed by atoms with E-state index in [4.69, 9.17) is 23.7 Å². The van der Waals surface area contributed by atoms with E-state index in [1.54, 1.807) is 0 Å². The fourth-order valence-corrected chi connectivity index (χ4v) is 0. The summed E-state index contributed by atoms with van der Waals surface area (Å²) in [6, 6.07) is 0. The van der Waals surface area contributed by atoms with Gasteiger partial charge in [-0.3, -0.25) is 0 Å². The minimum atomic E-state index is 0. The van der Waals surface area contributed by atoms with E-state index in [1.807, 2.05) is 0 Å². The Morgan fingerprint density at radius 1 is 0.750 bits per heavy atom. The van der Waals surface area contributed by atoms with Crippen molar-refractivity contribution in [1.29, 1.82) is 10.5 Å². The maximum Gasteiger partial charge on any atom is 1.00 e. The molecule has 0 rings (SSSR count). The van der Waals surface area contributed by atoms with Crippen molar-refractivity contribution >= 4 is 0 Å². The van der Waals surface area contributed by atoms with Crippen LogP contribution in [0, 0.1) is 23.7 Å². The van der Waals surface area contributed by atoms with Gasteiger partial charge in [0.1, 0.15) is 0 Å². The quantitative estimate of drug-likeness (QED) is 0.331. The van der Waals surface area contributed by atoms with Crippen LogP contribution < -0.4 is 51.4 Å². The van der Waals surface area contributed by atoms with E-state index in [2.05, 4.69) is 0 Å². The topological polar surface area (TPSA) is 111 Å². The van der Waals surface area contributed by atoms with Crippen LogP contribution in [0.5, 0.6) is 0 Å². The Bertz CT molecular complexity index is 33.5. The van der Waals surface area contributed by atoms with Crippen molar-refractivity contribution < 1.29 is 84.7 Å². The Kier molecular flexibility index (Phi) is 1990. The van der Waals surface area contributed by atoms with Gasteiger partial charge in [-0.1, -0.05) is 0 Å². The molecule has 0 heterocycles. The molecule has 0 radical (unpaired) electrons. The normalized spacial score (nSPS) is 0.500. The van der Waals surface area contributed by atoms with Crippen LogP contribution in [0.4, 0.5) is 0 Å². The minimum absolute atomic E-state index is 0. The molecule has 0 unspecified atom stereocenters. The van der Waals surface area contributed by atoms with Gasteiger partial charge in [0, 0.05) is 0 Å². The fraction of sp³-hybridized carbons (Fsp3) is 0. The van der Waals surface area contributed by atoms with E-state index in [0.717, 1.165) is 0 Å². The zero-order chi connectivity index (χ0) is 4.00. The third kappa shape index (κ3) is 176. The summed E-state index contributed by atoms with van der Waals surface area (Å²) in [5.74, 6) is 0. The Hall–Kier alpha value is 1.28. The van der Waals surface area contributed by atoms with E-state index >= 15 is 0 Å². The van der Waals surface area contributed by atoms with Gasteiger partial charge < -0.3 is 34.6 Å². The molecule has 4 N–H and O–H groups in total. The van der Waals surface area contributed by atoms with Gasteiger partial charge in [0.25, 0.3) is 0 Å². The van der Waals surface area contributed by atoms with Crippen LogP contribution in [0.15, 0.2) is 0 Å². The number of hydrogen-bond donors (Lipinski definition) is 0. The maximum absolute atomic E-state index is 6.25. The molecule has 0 spiro atoms. The van der Waals surface area contributed by atoms with Gasteiger partial charge in [-0.05, 0) is 0 Å². The Morgan fingerprint density at radius 2 is 0.750 bits per heavy atom.